The molecule has 0 aliphatic carbocycles. The molecule has 5 nitrogen and oxygen atoms in total. The smallest absolute Gasteiger partial charge is 0.320 e. The van der Waals surface area contributed by atoms with Crippen molar-refractivity contribution in [1.82, 2.24) is 0 Å². The lowest BCUT2D eigenvalue weighted by atomic mass is 10.2. The summed E-state index contributed by atoms with van der Waals surface area (Å²) in [4.78, 5) is 10.6. The second-order valence-corrected chi connectivity index (χ2v) is 4.82. The van der Waals surface area contributed by atoms with Gasteiger partial charge in [-0.05, 0) is 49.2 Å². The molecular weight excluding hydrogens is 282 g/mol. The molecule has 116 valence electrons. The summed E-state index contributed by atoms with van der Waals surface area (Å²) in [5.74, 6) is 1.23. The molecule has 0 spiro atoms. The average molecular weight is 301 g/mol. The van der Waals surface area contributed by atoms with Gasteiger partial charge in [-0.2, -0.15) is 0 Å². The molecule has 0 aliphatic rings. The zero-order valence-electron chi connectivity index (χ0n) is 12.1. The molecule has 5 heteroatoms. The highest BCUT2D eigenvalue weighted by Crippen LogP contribution is 2.23. The van der Waals surface area contributed by atoms with Crippen LogP contribution in [0.5, 0.6) is 17.2 Å². The number of nitrogens with two attached hydrogens (primary N) is 1. The number of aliphatic carboxylic acids is 1. The first-order chi connectivity index (χ1) is 10.6. The topological polar surface area (TPSA) is 81.8 Å². The SMILES string of the molecule is NC(CCCOc1ccc(Oc2ccccc2)cc1)C(=O)O. The second kappa shape index (κ2) is 8.05. The minimum atomic E-state index is -0.984. The van der Waals surface area contributed by atoms with Gasteiger partial charge in [0.1, 0.15) is 23.3 Å². The van der Waals surface area contributed by atoms with Crippen LogP contribution in [-0.4, -0.2) is 23.7 Å². The Balaban J connectivity index is 1.76. The van der Waals surface area contributed by atoms with E-state index in [2.05, 4.69) is 0 Å². The summed E-state index contributed by atoms with van der Waals surface area (Å²) in [5.41, 5.74) is 5.42. The van der Waals surface area contributed by atoms with E-state index in [1.54, 1.807) is 0 Å². The number of carbonyl (C=O) groups is 1. The monoisotopic (exact) mass is 301 g/mol. The fourth-order valence-electron chi connectivity index (χ4n) is 1.85. The minimum absolute atomic E-state index is 0.393. The Labute approximate surface area is 129 Å². The van der Waals surface area contributed by atoms with Gasteiger partial charge in [-0.15, -0.1) is 0 Å². The molecule has 1 unspecified atom stereocenters. The Morgan fingerprint density at radius 3 is 2.23 bits per heavy atom. The van der Waals surface area contributed by atoms with E-state index in [1.165, 1.54) is 0 Å². The van der Waals surface area contributed by atoms with Crippen LogP contribution in [0.2, 0.25) is 0 Å². The molecule has 0 radical (unpaired) electrons. The van der Waals surface area contributed by atoms with Crippen LogP contribution in [0.15, 0.2) is 54.6 Å². The molecule has 1 atom stereocenters. The van der Waals surface area contributed by atoms with Gasteiger partial charge >= 0.3 is 5.97 Å². The Hall–Kier alpha value is -2.53. The number of para-hydroxylation sites is 1. The van der Waals surface area contributed by atoms with E-state index < -0.39 is 12.0 Å². The van der Waals surface area contributed by atoms with Crippen molar-refractivity contribution in [2.75, 3.05) is 6.61 Å². The van der Waals surface area contributed by atoms with Gasteiger partial charge < -0.3 is 20.3 Å². The maximum Gasteiger partial charge on any atom is 0.320 e. The van der Waals surface area contributed by atoms with Crippen molar-refractivity contribution in [3.05, 3.63) is 54.6 Å². The summed E-state index contributed by atoms with van der Waals surface area (Å²) in [6.07, 6.45) is 0.986. The van der Waals surface area contributed by atoms with Crippen molar-refractivity contribution in [2.24, 2.45) is 5.73 Å². The van der Waals surface area contributed by atoms with Gasteiger partial charge in [0.25, 0.3) is 0 Å². The van der Waals surface area contributed by atoms with Crippen molar-refractivity contribution >= 4 is 5.97 Å². The molecule has 2 rings (SSSR count). The summed E-state index contributed by atoms with van der Waals surface area (Å²) in [5, 5.41) is 8.67. The maximum atomic E-state index is 10.6. The molecule has 2 aromatic carbocycles. The van der Waals surface area contributed by atoms with Crippen LogP contribution >= 0.6 is 0 Å². The molecule has 0 fully saturated rings. The van der Waals surface area contributed by atoms with E-state index in [0.717, 1.165) is 11.5 Å². The fourth-order valence-corrected chi connectivity index (χ4v) is 1.85. The average Bonchev–Trinajstić information content (AvgIpc) is 2.53. The lowest BCUT2D eigenvalue weighted by Gasteiger charge is -2.09. The molecule has 3 N–H and O–H groups in total. The van der Waals surface area contributed by atoms with Gasteiger partial charge in [0.05, 0.1) is 6.61 Å². The number of hydrogen-bond donors (Lipinski definition) is 2. The first kappa shape index (κ1) is 15.9. The highest BCUT2D eigenvalue weighted by atomic mass is 16.5. The Kier molecular flexibility index (Phi) is 5.80. The highest BCUT2D eigenvalue weighted by molar-refractivity contribution is 5.72. The maximum absolute atomic E-state index is 10.6. The zero-order chi connectivity index (χ0) is 15.8. The number of carboxylic acid groups (broad SMARTS) is 1. The summed E-state index contributed by atoms with van der Waals surface area (Å²) < 4.78 is 11.2. The number of ether oxygens (including phenoxy) is 2. The van der Waals surface area contributed by atoms with E-state index in [-0.39, 0.29) is 0 Å². The number of benzene rings is 2. The molecule has 2 aromatic rings. The van der Waals surface area contributed by atoms with Crippen molar-refractivity contribution in [3.63, 3.8) is 0 Å². The lowest BCUT2D eigenvalue weighted by Crippen LogP contribution is -2.30. The van der Waals surface area contributed by atoms with Crippen molar-refractivity contribution < 1.29 is 19.4 Å². The summed E-state index contributed by atoms with van der Waals surface area (Å²) >= 11 is 0. The Morgan fingerprint density at radius 2 is 1.59 bits per heavy atom. The van der Waals surface area contributed by atoms with Crippen molar-refractivity contribution in [2.45, 2.75) is 18.9 Å². The van der Waals surface area contributed by atoms with Gasteiger partial charge in [-0.1, -0.05) is 18.2 Å². The molecule has 0 saturated carbocycles. The zero-order valence-corrected chi connectivity index (χ0v) is 12.1. The summed E-state index contributed by atoms with van der Waals surface area (Å²) in [7, 11) is 0. The molecule has 22 heavy (non-hydrogen) atoms. The minimum Gasteiger partial charge on any atom is -0.494 e. The first-order valence-electron chi connectivity index (χ1n) is 7.09. The number of hydrogen-bond acceptors (Lipinski definition) is 4. The van der Waals surface area contributed by atoms with E-state index >= 15 is 0 Å². The van der Waals surface area contributed by atoms with Crippen LogP contribution in [0.4, 0.5) is 0 Å². The van der Waals surface area contributed by atoms with Crippen LogP contribution < -0.4 is 15.2 Å². The number of rotatable bonds is 8. The summed E-state index contributed by atoms with van der Waals surface area (Å²) in [6.45, 7) is 0.430. The first-order valence-corrected chi connectivity index (χ1v) is 7.09. The molecule has 0 aromatic heterocycles. The predicted octanol–water partition coefficient (Wildman–Crippen LogP) is 3.05. The lowest BCUT2D eigenvalue weighted by molar-refractivity contribution is -0.138. The summed E-state index contributed by atoms with van der Waals surface area (Å²) in [6, 6.07) is 16.0. The Bertz CT molecular complexity index is 583. The Morgan fingerprint density at radius 1 is 1.00 bits per heavy atom. The van der Waals surface area contributed by atoms with Gasteiger partial charge in [0.15, 0.2) is 0 Å². The normalized spacial score (nSPS) is 11.7. The highest BCUT2D eigenvalue weighted by Gasteiger charge is 2.10. The van der Waals surface area contributed by atoms with Crippen LogP contribution in [0.3, 0.4) is 0 Å². The van der Waals surface area contributed by atoms with E-state index in [9.17, 15) is 4.79 Å². The van der Waals surface area contributed by atoms with E-state index in [0.29, 0.717) is 25.2 Å². The van der Waals surface area contributed by atoms with Gasteiger partial charge in [0.2, 0.25) is 0 Å². The molecule has 0 bridgehead atoms. The largest absolute Gasteiger partial charge is 0.494 e. The van der Waals surface area contributed by atoms with Crippen LogP contribution in [0.1, 0.15) is 12.8 Å². The van der Waals surface area contributed by atoms with E-state index in [4.69, 9.17) is 20.3 Å². The third-order valence-corrected chi connectivity index (χ3v) is 3.05. The van der Waals surface area contributed by atoms with Crippen molar-refractivity contribution in [1.29, 1.82) is 0 Å². The predicted molar refractivity (Wildman–Crippen MR) is 83.3 cm³/mol. The molecule has 0 saturated heterocycles. The third kappa shape index (κ3) is 5.10. The van der Waals surface area contributed by atoms with Crippen molar-refractivity contribution in [3.8, 4) is 17.2 Å². The van der Waals surface area contributed by atoms with Gasteiger partial charge in [0, 0.05) is 0 Å². The molecule has 0 amide bonds. The number of carboxylic acids is 1. The van der Waals surface area contributed by atoms with Crippen LogP contribution in [0, 0.1) is 0 Å². The molecular formula is C17H19NO4. The molecule has 0 heterocycles. The molecule has 0 aliphatic heterocycles. The van der Waals surface area contributed by atoms with E-state index in [1.807, 2.05) is 54.6 Å². The van der Waals surface area contributed by atoms with Gasteiger partial charge in [-0.25, -0.2) is 0 Å². The quantitative estimate of drug-likeness (QED) is 0.732. The second-order valence-electron chi connectivity index (χ2n) is 4.82. The standard InChI is InChI=1S/C17H19NO4/c18-16(17(19)20)7-4-12-21-13-8-10-15(11-9-13)22-14-5-2-1-3-6-14/h1-3,5-6,8-11,16H,4,7,12,18H2,(H,19,20). The fraction of sp³-hybridized carbons (Fsp3) is 0.235. The third-order valence-electron chi connectivity index (χ3n) is 3.05. The van der Waals surface area contributed by atoms with Gasteiger partial charge in [-0.3, -0.25) is 4.79 Å². The van der Waals surface area contributed by atoms with Crippen LogP contribution in [-0.2, 0) is 4.79 Å². The van der Waals surface area contributed by atoms with Crippen LogP contribution in [0.25, 0.3) is 0 Å².